The maximum absolute atomic E-state index is 13.2. The lowest BCUT2D eigenvalue weighted by atomic mass is 10.1. The number of fused-ring (bicyclic) bond motifs is 1. The maximum atomic E-state index is 13.2. The average molecular weight is 434 g/mol. The highest BCUT2D eigenvalue weighted by Crippen LogP contribution is 2.19. The van der Waals surface area contributed by atoms with E-state index >= 15 is 0 Å². The van der Waals surface area contributed by atoms with Crippen LogP contribution in [0.5, 0.6) is 0 Å². The van der Waals surface area contributed by atoms with Gasteiger partial charge in [-0.2, -0.15) is 5.26 Å². The number of likely N-dealkylation sites (tertiary alicyclic amines) is 2. The van der Waals surface area contributed by atoms with Gasteiger partial charge in [-0.05, 0) is 56.4 Å². The topological polar surface area (TPSA) is 114 Å². The second-order valence-corrected chi connectivity index (χ2v) is 8.11. The van der Waals surface area contributed by atoms with Gasteiger partial charge in [0.05, 0.1) is 12.1 Å². The highest BCUT2D eigenvalue weighted by atomic mass is 16.2. The van der Waals surface area contributed by atoms with Gasteiger partial charge in [0.15, 0.2) is 6.19 Å². The first-order chi connectivity index (χ1) is 15.6. The second-order valence-electron chi connectivity index (χ2n) is 8.11. The Kier molecular flexibility index (Phi) is 6.80. The van der Waals surface area contributed by atoms with Crippen molar-refractivity contribution in [3.8, 4) is 6.19 Å². The molecule has 1 aromatic heterocycles. The Morgan fingerprint density at radius 2 is 2.00 bits per heavy atom. The number of nitrogens with zero attached hydrogens (tertiary/aromatic N) is 5. The minimum atomic E-state index is -0.644. The number of benzene rings is 1. The fraction of sp³-hybridized carbons (Fsp3) is 0.435. The van der Waals surface area contributed by atoms with Crippen LogP contribution in [-0.4, -0.2) is 64.8 Å². The molecule has 2 aromatic rings. The summed E-state index contributed by atoms with van der Waals surface area (Å²) in [5.41, 5.74) is 1.59. The minimum absolute atomic E-state index is 0.00116. The molecule has 0 spiro atoms. The number of carbonyl (C=O) groups excluding carboxylic acids is 2. The van der Waals surface area contributed by atoms with E-state index in [9.17, 15) is 14.9 Å². The fourth-order valence-corrected chi connectivity index (χ4v) is 4.19. The van der Waals surface area contributed by atoms with Gasteiger partial charge in [-0.1, -0.05) is 6.07 Å². The van der Waals surface area contributed by atoms with Crippen molar-refractivity contribution >= 4 is 34.4 Å². The predicted octanol–water partition coefficient (Wildman–Crippen LogP) is 2.08. The summed E-state index contributed by atoms with van der Waals surface area (Å²) in [6.07, 6.45) is 7.89. The van der Waals surface area contributed by atoms with E-state index in [1.54, 1.807) is 11.1 Å². The monoisotopic (exact) mass is 433 g/mol. The van der Waals surface area contributed by atoms with Crippen LogP contribution in [0.2, 0.25) is 0 Å². The van der Waals surface area contributed by atoms with E-state index < -0.39 is 6.04 Å². The number of hydrogen-bond donors (Lipinski definition) is 2. The van der Waals surface area contributed by atoms with Gasteiger partial charge in [0.25, 0.3) is 0 Å². The van der Waals surface area contributed by atoms with Gasteiger partial charge in [0, 0.05) is 36.9 Å². The molecule has 9 nitrogen and oxygen atoms in total. The first-order valence-corrected chi connectivity index (χ1v) is 11.1. The average Bonchev–Trinajstić information content (AvgIpc) is 3.29. The van der Waals surface area contributed by atoms with Crippen LogP contribution < -0.4 is 10.6 Å². The van der Waals surface area contributed by atoms with Crippen molar-refractivity contribution in [2.75, 3.05) is 31.5 Å². The van der Waals surface area contributed by atoms with Gasteiger partial charge >= 0.3 is 0 Å². The van der Waals surface area contributed by atoms with Crippen LogP contribution in [0.4, 0.5) is 5.69 Å². The third-order valence-corrected chi connectivity index (χ3v) is 5.86. The van der Waals surface area contributed by atoms with Crippen LogP contribution in [0.3, 0.4) is 0 Å². The lowest BCUT2D eigenvalue weighted by Crippen LogP contribution is -2.45. The zero-order valence-electron chi connectivity index (χ0n) is 18.0. The Morgan fingerprint density at radius 1 is 1.19 bits per heavy atom. The van der Waals surface area contributed by atoms with Crippen LogP contribution in [-0.2, 0) is 9.59 Å². The smallest absolute Gasteiger partial charge is 0.247 e. The minimum Gasteiger partial charge on any atom is -0.341 e. The first-order valence-electron chi connectivity index (χ1n) is 11.1. The molecule has 166 valence electrons. The molecule has 2 amide bonds. The standard InChI is InChI=1S/C23H27N7O2/c24-16-26-23(27-18-8-9-19-17(14-18)6-5-10-25-19)28-20-7-1-2-13-30(22(20)32)15-21(31)29-11-3-4-12-29/h5-6,8-10,14,20H,1-4,7,11-13,15H2,(H2,26,27,28). The molecule has 1 atom stereocenters. The van der Waals surface area contributed by atoms with Gasteiger partial charge < -0.3 is 15.1 Å². The number of anilines is 1. The number of hydrogen-bond acceptors (Lipinski definition) is 5. The predicted molar refractivity (Wildman–Crippen MR) is 122 cm³/mol. The molecule has 3 heterocycles. The number of rotatable bonds is 4. The normalized spacial score (nSPS) is 19.5. The number of guanidine groups is 1. The molecule has 0 saturated carbocycles. The molecule has 1 unspecified atom stereocenters. The molecule has 0 bridgehead atoms. The van der Waals surface area contributed by atoms with E-state index in [4.69, 9.17) is 0 Å². The van der Waals surface area contributed by atoms with Crippen molar-refractivity contribution in [1.82, 2.24) is 20.1 Å². The van der Waals surface area contributed by atoms with Crippen molar-refractivity contribution in [3.05, 3.63) is 36.5 Å². The second kappa shape index (κ2) is 10.1. The van der Waals surface area contributed by atoms with Crippen LogP contribution in [0.25, 0.3) is 10.9 Å². The molecule has 4 rings (SSSR count). The summed E-state index contributed by atoms with van der Waals surface area (Å²) >= 11 is 0. The number of carbonyl (C=O) groups is 2. The number of pyridine rings is 1. The summed E-state index contributed by atoms with van der Waals surface area (Å²) in [4.78, 5) is 38.0. The molecule has 9 heteroatoms. The number of aliphatic imine (C=N–C) groups is 1. The first kappa shape index (κ1) is 21.6. The molecule has 2 N–H and O–H groups in total. The molecule has 2 fully saturated rings. The Bertz CT molecular complexity index is 1060. The quantitative estimate of drug-likeness (QED) is 0.330. The zero-order chi connectivity index (χ0) is 22.3. The van der Waals surface area contributed by atoms with Gasteiger partial charge in [-0.25, -0.2) is 4.99 Å². The Labute approximate surface area is 187 Å². The summed E-state index contributed by atoms with van der Waals surface area (Å²) in [6, 6.07) is 8.80. The molecule has 2 saturated heterocycles. The van der Waals surface area contributed by atoms with Crippen LogP contribution in [0.15, 0.2) is 41.5 Å². The lowest BCUT2D eigenvalue weighted by Gasteiger charge is -2.25. The molecule has 1 aromatic carbocycles. The SMILES string of the molecule is N#CNC(=NC1CCCCN(CC(=O)N2CCCC2)C1=O)Nc1ccc2ncccc2c1. The summed E-state index contributed by atoms with van der Waals surface area (Å²) in [5.74, 6) is 0.0392. The Morgan fingerprint density at radius 3 is 2.81 bits per heavy atom. The van der Waals surface area contributed by atoms with Crippen molar-refractivity contribution in [1.29, 1.82) is 5.26 Å². The van der Waals surface area contributed by atoms with Crippen molar-refractivity contribution in [3.63, 3.8) is 0 Å². The van der Waals surface area contributed by atoms with Crippen molar-refractivity contribution in [2.45, 2.75) is 38.1 Å². The Balaban J connectivity index is 1.49. The number of amides is 2. The molecule has 2 aliphatic heterocycles. The number of aromatic nitrogens is 1. The zero-order valence-corrected chi connectivity index (χ0v) is 18.0. The van der Waals surface area contributed by atoms with Crippen LogP contribution in [0, 0.1) is 11.5 Å². The largest absolute Gasteiger partial charge is 0.341 e. The summed E-state index contributed by atoms with van der Waals surface area (Å²) < 4.78 is 0. The van der Waals surface area contributed by atoms with Gasteiger partial charge in [-0.15, -0.1) is 0 Å². The molecule has 0 radical (unpaired) electrons. The highest BCUT2D eigenvalue weighted by molar-refractivity contribution is 5.98. The van der Waals surface area contributed by atoms with Gasteiger partial charge in [0.1, 0.15) is 6.04 Å². The van der Waals surface area contributed by atoms with Crippen molar-refractivity contribution in [2.24, 2.45) is 4.99 Å². The molecule has 32 heavy (non-hydrogen) atoms. The summed E-state index contributed by atoms with van der Waals surface area (Å²) in [6.45, 7) is 2.18. The highest BCUT2D eigenvalue weighted by Gasteiger charge is 2.30. The van der Waals surface area contributed by atoms with E-state index in [1.807, 2.05) is 41.4 Å². The number of nitriles is 1. The van der Waals surface area contributed by atoms with Gasteiger partial charge in [0.2, 0.25) is 17.8 Å². The Hall–Kier alpha value is -3.67. The molecule has 0 aliphatic carbocycles. The fourth-order valence-electron chi connectivity index (χ4n) is 4.19. The van der Waals surface area contributed by atoms with Crippen LogP contribution in [0.1, 0.15) is 32.1 Å². The maximum Gasteiger partial charge on any atom is 0.247 e. The van der Waals surface area contributed by atoms with E-state index in [0.29, 0.717) is 13.0 Å². The van der Waals surface area contributed by atoms with Gasteiger partial charge in [-0.3, -0.25) is 19.9 Å². The van der Waals surface area contributed by atoms with E-state index in [-0.39, 0.29) is 24.3 Å². The third-order valence-electron chi connectivity index (χ3n) is 5.86. The molecule has 2 aliphatic rings. The third kappa shape index (κ3) is 5.14. The van der Waals surface area contributed by atoms with Crippen LogP contribution >= 0.6 is 0 Å². The molecular formula is C23H27N7O2. The van der Waals surface area contributed by atoms with E-state index in [0.717, 1.165) is 55.4 Å². The van der Waals surface area contributed by atoms with E-state index in [1.165, 1.54) is 0 Å². The summed E-state index contributed by atoms with van der Waals surface area (Å²) in [5, 5.41) is 15.8. The number of nitrogens with one attached hydrogen (secondary N) is 2. The molecular weight excluding hydrogens is 406 g/mol. The summed E-state index contributed by atoms with van der Waals surface area (Å²) in [7, 11) is 0. The van der Waals surface area contributed by atoms with E-state index in [2.05, 4.69) is 20.6 Å². The lowest BCUT2D eigenvalue weighted by molar-refractivity contribution is -0.140. The van der Waals surface area contributed by atoms with Crippen molar-refractivity contribution < 1.29 is 9.59 Å².